The Morgan fingerprint density at radius 2 is 1.94 bits per heavy atom. The molecule has 0 aliphatic carbocycles. The molecule has 2 rings (SSSR count). The summed E-state index contributed by atoms with van der Waals surface area (Å²) in [5, 5.41) is 0.0828. The van der Waals surface area contributed by atoms with Crippen LogP contribution < -0.4 is 4.90 Å². The number of halogens is 4. The molecule has 0 N–H and O–H groups in total. The van der Waals surface area contributed by atoms with E-state index in [0.717, 1.165) is 7.11 Å². The van der Waals surface area contributed by atoms with Crippen molar-refractivity contribution in [3.63, 3.8) is 0 Å². The number of hydrogen-bond acceptors (Lipinski definition) is 4. The van der Waals surface area contributed by atoms with Gasteiger partial charge >= 0.3 is 6.18 Å². The Balaban J connectivity index is 2.15. The van der Waals surface area contributed by atoms with E-state index in [1.807, 2.05) is 0 Å². The van der Waals surface area contributed by atoms with E-state index in [9.17, 15) is 13.2 Å². The van der Waals surface area contributed by atoms with Gasteiger partial charge in [-0.05, 0) is 0 Å². The molecule has 4 nitrogen and oxygen atoms in total. The standard InChI is InChI=1S/C9H9ClF3N3O/c1-17-8(9(11,12)13)4-16(5-8)7-6(10)14-2-3-15-7/h2-3H,4-5H2,1H3. The number of nitrogens with zero attached hydrogens (tertiary/aromatic N) is 3. The Morgan fingerprint density at radius 3 is 2.41 bits per heavy atom. The lowest BCUT2D eigenvalue weighted by Gasteiger charge is -2.49. The summed E-state index contributed by atoms with van der Waals surface area (Å²) >= 11 is 5.74. The van der Waals surface area contributed by atoms with Gasteiger partial charge in [-0.1, -0.05) is 11.6 Å². The van der Waals surface area contributed by atoms with Gasteiger partial charge in [0, 0.05) is 19.5 Å². The maximum atomic E-state index is 12.7. The number of methoxy groups -OCH3 is 1. The highest BCUT2D eigenvalue weighted by molar-refractivity contribution is 6.31. The number of alkyl halides is 3. The zero-order valence-electron chi connectivity index (χ0n) is 8.83. The molecule has 1 aliphatic heterocycles. The van der Waals surface area contributed by atoms with Crippen LogP contribution in [0, 0.1) is 0 Å². The minimum Gasteiger partial charge on any atom is -0.365 e. The van der Waals surface area contributed by atoms with Crippen molar-refractivity contribution in [3.8, 4) is 0 Å². The fraction of sp³-hybridized carbons (Fsp3) is 0.556. The summed E-state index contributed by atoms with van der Waals surface area (Å²) in [5.41, 5.74) is -2.13. The number of anilines is 1. The Kier molecular flexibility index (Phi) is 2.90. The first kappa shape index (κ1) is 12.4. The van der Waals surface area contributed by atoms with E-state index in [1.54, 1.807) is 0 Å². The molecule has 0 saturated carbocycles. The molecule has 1 fully saturated rings. The van der Waals surface area contributed by atoms with Crippen molar-refractivity contribution in [1.29, 1.82) is 0 Å². The summed E-state index contributed by atoms with van der Waals surface area (Å²) in [6.45, 7) is -0.656. The molecule has 1 aromatic heterocycles. The molecule has 8 heteroatoms. The van der Waals surface area contributed by atoms with Gasteiger partial charge in [-0.25, -0.2) is 9.97 Å². The molecular weight excluding hydrogens is 259 g/mol. The van der Waals surface area contributed by atoms with Gasteiger partial charge in [0.05, 0.1) is 13.1 Å². The molecule has 1 aliphatic rings. The average molecular weight is 268 g/mol. The lowest BCUT2D eigenvalue weighted by Crippen LogP contribution is -2.70. The first-order chi connectivity index (χ1) is 7.89. The largest absolute Gasteiger partial charge is 0.420 e. The highest BCUT2D eigenvalue weighted by Gasteiger charge is 2.63. The quantitative estimate of drug-likeness (QED) is 0.820. The first-order valence-corrected chi connectivity index (χ1v) is 5.11. The molecule has 0 unspecified atom stereocenters. The first-order valence-electron chi connectivity index (χ1n) is 4.73. The molecular formula is C9H9ClF3N3O. The van der Waals surface area contributed by atoms with Crippen LogP contribution in [0.5, 0.6) is 0 Å². The van der Waals surface area contributed by atoms with Crippen LogP contribution in [0.3, 0.4) is 0 Å². The van der Waals surface area contributed by atoms with Gasteiger partial charge in [0.2, 0.25) is 0 Å². The number of ether oxygens (including phenoxy) is 1. The lowest BCUT2D eigenvalue weighted by atomic mass is 9.93. The van der Waals surface area contributed by atoms with Gasteiger partial charge in [-0.15, -0.1) is 0 Å². The number of aromatic nitrogens is 2. The zero-order chi connectivity index (χ0) is 12.7. The number of rotatable bonds is 2. The van der Waals surface area contributed by atoms with E-state index >= 15 is 0 Å². The van der Waals surface area contributed by atoms with Crippen LogP contribution in [0.15, 0.2) is 12.4 Å². The van der Waals surface area contributed by atoms with Gasteiger partial charge in [0.25, 0.3) is 0 Å². The monoisotopic (exact) mass is 267 g/mol. The molecule has 2 heterocycles. The molecule has 0 bridgehead atoms. The molecule has 17 heavy (non-hydrogen) atoms. The molecule has 94 valence electrons. The topological polar surface area (TPSA) is 38.2 Å². The van der Waals surface area contributed by atoms with Crippen molar-refractivity contribution in [2.45, 2.75) is 11.8 Å². The molecule has 0 aromatic carbocycles. The van der Waals surface area contributed by atoms with E-state index in [2.05, 4.69) is 14.7 Å². The van der Waals surface area contributed by atoms with Gasteiger partial charge in [-0.2, -0.15) is 13.2 Å². The van der Waals surface area contributed by atoms with E-state index in [0.29, 0.717) is 0 Å². The van der Waals surface area contributed by atoms with Gasteiger partial charge < -0.3 is 9.64 Å². The predicted octanol–water partition coefficient (Wildman–Crippen LogP) is 1.90. The Bertz CT molecular complexity index is 420. The third kappa shape index (κ3) is 1.93. The van der Waals surface area contributed by atoms with Crippen molar-refractivity contribution < 1.29 is 17.9 Å². The smallest absolute Gasteiger partial charge is 0.365 e. The zero-order valence-corrected chi connectivity index (χ0v) is 9.59. The highest BCUT2D eigenvalue weighted by Crippen LogP contribution is 2.42. The maximum absolute atomic E-state index is 12.7. The van der Waals surface area contributed by atoms with Crippen LogP contribution in [0.25, 0.3) is 0 Å². The van der Waals surface area contributed by atoms with E-state index < -0.39 is 11.8 Å². The van der Waals surface area contributed by atoms with E-state index in [-0.39, 0.29) is 24.1 Å². The molecule has 0 amide bonds. The van der Waals surface area contributed by atoms with Crippen LogP contribution in [0.4, 0.5) is 19.0 Å². The third-order valence-corrected chi connectivity index (χ3v) is 3.00. The second-order valence-corrected chi connectivity index (χ2v) is 4.08. The normalized spacial score (nSPS) is 19.0. The third-order valence-electron chi connectivity index (χ3n) is 2.74. The van der Waals surface area contributed by atoms with Crippen LogP contribution in [0.1, 0.15) is 0 Å². The molecule has 0 atom stereocenters. The second-order valence-electron chi connectivity index (χ2n) is 3.72. The second kappa shape index (κ2) is 3.99. The Labute approximate surface area is 100 Å². The lowest BCUT2D eigenvalue weighted by molar-refractivity contribution is -0.277. The van der Waals surface area contributed by atoms with Crippen LogP contribution in [-0.4, -0.2) is 41.9 Å². The summed E-state index contributed by atoms with van der Waals surface area (Å²) in [5.74, 6) is 0.242. The minimum atomic E-state index is -4.41. The summed E-state index contributed by atoms with van der Waals surface area (Å²) in [7, 11) is 1.04. The SMILES string of the molecule is COC1(C(F)(F)F)CN(c2nccnc2Cl)C1. The summed E-state index contributed by atoms with van der Waals surface area (Å²) in [6.07, 6.45) is -1.66. The Morgan fingerprint density at radius 1 is 1.35 bits per heavy atom. The minimum absolute atomic E-state index is 0.0828. The van der Waals surface area contributed by atoms with Gasteiger partial charge in [-0.3, -0.25) is 0 Å². The highest BCUT2D eigenvalue weighted by atomic mass is 35.5. The summed E-state index contributed by atoms with van der Waals surface area (Å²) in [6, 6.07) is 0. The van der Waals surface area contributed by atoms with Crippen LogP contribution in [-0.2, 0) is 4.74 Å². The summed E-state index contributed by atoms with van der Waals surface area (Å²) in [4.78, 5) is 9.03. The van der Waals surface area contributed by atoms with Crippen molar-refractivity contribution >= 4 is 17.4 Å². The molecule has 0 radical (unpaired) electrons. The van der Waals surface area contributed by atoms with Crippen LogP contribution in [0.2, 0.25) is 5.15 Å². The van der Waals surface area contributed by atoms with Crippen molar-refractivity contribution in [2.24, 2.45) is 0 Å². The predicted molar refractivity (Wildman–Crippen MR) is 55.1 cm³/mol. The van der Waals surface area contributed by atoms with Gasteiger partial charge in [0.15, 0.2) is 16.6 Å². The van der Waals surface area contributed by atoms with Crippen molar-refractivity contribution in [2.75, 3.05) is 25.1 Å². The van der Waals surface area contributed by atoms with E-state index in [4.69, 9.17) is 11.6 Å². The van der Waals surface area contributed by atoms with E-state index in [1.165, 1.54) is 17.3 Å². The fourth-order valence-corrected chi connectivity index (χ4v) is 1.89. The molecule has 0 spiro atoms. The van der Waals surface area contributed by atoms with Crippen LogP contribution >= 0.6 is 11.6 Å². The average Bonchev–Trinajstić information content (AvgIpc) is 2.17. The molecule has 1 aromatic rings. The number of hydrogen-bond donors (Lipinski definition) is 0. The maximum Gasteiger partial charge on any atom is 0.420 e. The Hall–Kier alpha value is -1.08. The molecule has 1 saturated heterocycles. The fourth-order valence-electron chi connectivity index (χ4n) is 1.67. The summed E-state index contributed by atoms with van der Waals surface area (Å²) < 4.78 is 42.7. The van der Waals surface area contributed by atoms with Crippen molar-refractivity contribution in [1.82, 2.24) is 9.97 Å². The van der Waals surface area contributed by atoms with Gasteiger partial charge in [0.1, 0.15) is 0 Å². The van der Waals surface area contributed by atoms with Crippen molar-refractivity contribution in [3.05, 3.63) is 17.5 Å².